The second-order valence-electron chi connectivity index (χ2n) is 6.32. The fourth-order valence-electron chi connectivity index (χ4n) is 2.56. The van der Waals surface area contributed by atoms with Gasteiger partial charge in [0, 0.05) is 32.2 Å². The molecule has 150 valence electrons. The lowest BCUT2D eigenvalue weighted by molar-refractivity contribution is 0.0953. The van der Waals surface area contributed by atoms with E-state index < -0.39 is 0 Å². The number of benzene rings is 2. The molecule has 0 unspecified atom stereocenters. The molecule has 0 spiro atoms. The van der Waals surface area contributed by atoms with Crippen molar-refractivity contribution in [3.05, 3.63) is 65.7 Å². The molecular formula is C22H30N4O2. The minimum atomic E-state index is -0.0374. The third-order valence-electron chi connectivity index (χ3n) is 4.03. The van der Waals surface area contributed by atoms with Crippen molar-refractivity contribution in [1.82, 2.24) is 16.0 Å². The zero-order valence-corrected chi connectivity index (χ0v) is 16.7. The highest BCUT2D eigenvalue weighted by Gasteiger charge is 2.05. The van der Waals surface area contributed by atoms with Crippen LogP contribution in [-0.4, -0.2) is 38.6 Å². The Morgan fingerprint density at radius 1 is 1.00 bits per heavy atom. The molecule has 0 heterocycles. The molecule has 6 nitrogen and oxygen atoms in total. The number of guanidine groups is 1. The van der Waals surface area contributed by atoms with Gasteiger partial charge in [-0.1, -0.05) is 37.3 Å². The van der Waals surface area contributed by atoms with Crippen molar-refractivity contribution >= 4 is 11.9 Å². The Hall–Kier alpha value is -3.02. The van der Waals surface area contributed by atoms with E-state index in [0.29, 0.717) is 25.3 Å². The fraction of sp³-hybridized carbons (Fsp3) is 0.364. The Balaban J connectivity index is 1.71. The van der Waals surface area contributed by atoms with Gasteiger partial charge >= 0.3 is 0 Å². The number of para-hydroxylation sites is 1. The van der Waals surface area contributed by atoms with Gasteiger partial charge in [-0.3, -0.25) is 9.79 Å². The van der Waals surface area contributed by atoms with Gasteiger partial charge in [0.15, 0.2) is 5.96 Å². The average Bonchev–Trinajstić information content (AvgIpc) is 2.74. The Morgan fingerprint density at radius 2 is 1.82 bits per heavy atom. The topological polar surface area (TPSA) is 74.8 Å². The molecule has 0 aliphatic heterocycles. The Labute approximate surface area is 167 Å². The van der Waals surface area contributed by atoms with E-state index in [1.54, 1.807) is 7.05 Å². The van der Waals surface area contributed by atoms with Crippen molar-refractivity contribution < 1.29 is 9.53 Å². The number of nitrogens with zero attached hydrogens (tertiary/aromatic N) is 1. The van der Waals surface area contributed by atoms with E-state index >= 15 is 0 Å². The normalized spacial score (nSPS) is 11.0. The average molecular weight is 383 g/mol. The van der Waals surface area contributed by atoms with Gasteiger partial charge in [-0.2, -0.15) is 0 Å². The quantitative estimate of drug-likeness (QED) is 0.336. The van der Waals surface area contributed by atoms with E-state index in [9.17, 15) is 4.79 Å². The smallest absolute Gasteiger partial charge is 0.251 e. The van der Waals surface area contributed by atoms with Crippen molar-refractivity contribution in [2.45, 2.75) is 26.3 Å². The van der Waals surface area contributed by atoms with Crippen LogP contribution in [-0.2, 0) is 6.54 Å². The molecule has 0 fully saturated rings. The number of aliphatic imine (C=N–C) groups is 1. The number of rotatable bonds is 10. The second kappa shape index (κ2) is 12.4. The van der Waals surface area contributed by atoms with Gasteiger partial charge in [-0.05, 0) is 42.7 Å². The number of ether oxygens (including phenoxy) is 1. The van der Waals surface area contributed by atoms with Crippen molar-refractivity contribution in [1.29, 1.82) is 0 Å². The molecule has 2 rings (SSSR count). The van der Waals surface area contributed by atoms with Crippen LogP contribution in [0.25, 0.3) is 0 Å². The van der Waals surface area contributed by atoms with E-state index in [1.165, 1.54) is 0 Å². The lowest BCUT2D eigenvalue weighted by Crippen LogP contribution is -2.37. The summed E-state index contributed by atoms with van der Waals surface area (Å²) in [5.41, 5.74) is 1.70. The molecule has 0 radical (unpaired) electrons. The number of hydrogen-bond donors (Lipinski definition) is 3. The predicted molar refractivity (Wildman–Crippen MR) is 114 cm³/mol. The van der Waals surface area contributed by atoms with Crippen molar-refractivity contribution in [2.24, 2.45) is 4.99 Å². The second-order valence-corrected chi connectivity index (χ2v) is 6.32. The minimum absolute atomic E-state index is 0.0374. The first-order valence-electron chi connectivity index (χ1n) is 9.72. The lowest BCUT2D eigenvalue weighted by Gasteiger charge is -2.13. The van der Waals surface area contributed by atoms with Crippen LogP contribution >= 0.6 is 0 Å². The fourth-order valence-corrected chi connectivity index (χ4v) is 2.56. The van der Waals surface area contributed by atoms with Crippen LogP contribution in [0.1, 0.15) is 35.7 Å². The van der Waals surface area contributed by atoms with Crippen LogP contribution in [0.4, 0.5) is 0 Å². The van der Waals surface area contributed by atoms with Gasteiger partial charge in [0.1, 0.15) is 5.75 Å². The molecular weight excluding hydrogens is 352 g/mol. The van der Waals surface area contributed by atoms with Crippen LogP contribution in [0.5, 0.6) is 5.75 Å². The highest BCUT2D eigenvalue weighted by Crippen LogP contribution is 2.08. The number of carbonyl (C=O) groups excluding carboxylic acids is 1. The van der Waals surface area contributed by atoms with Gasteiger partial charge in [0.25, 0.3) is 5.91 Å². The standard InChI is InChI=1S/C22H30N4O2/c1-3-13-24-21(27)19-10-7-9-18(16-19)17-26-22(23-2)25-14-8-15-28-20-11-5-4-6-12-20/h4-7,9-12,16H,3,8,13-15,17H2,1-2H3,(H,24,27)(H2,23,25,26). The van der Waals surface area contributed by atoms with Crippen molar-refractivity contribution in [2.75, 3.05) is 26.7 Å². The summed E-state index contributed by atoms with van der Waals surface area (Å²) in [6.07, 6.45) is 1.79. The molecule has 6 heteroatoms. The highest BCUT2D eigenvalue weighted by molar-refractivity contribution is 5.94. The molecule has 0 aliphatic carbocycles. The van der Waals surface area contributed by atoms with E-state index in [-0.39, 0.29) is 5.91 Å². The van der Waals surface area contributed by atoms with Crippen molar-refractivity contribution in [3.63, 3.8) is 0 Å². The molecule has 28 heavy (non-hydrogen) atoms. The summed E-state index contributed by atoms with van der Waals surface area (Å²) >= 11 is 0. The maximum absolute atomic E-state index is 12.1. The van der Waals surface area contributed by atoms with E-state index in [2.05, 4.69) is 20.9 Å². The summed E-state index contributed by atoms with van der Waals surface area (Å²) in [5, 5.41) is 9.44. The molecule has 0 atom stereocenters. The summed E-state index contributed by atoms with van der Waals surface area (Å²) in [7, 11) is 1.74. The molecule has 0 aromatic heterocycles. The summed E-state index contributed by atoms with van der Waals surface area (Å²) in [5.74, 6) is 1.57. The van der Waals surface area contributed by atoms with E-state index in [1.807, 2.05) is 61.5 Å². The van der Waals surface area contributed by atoms with Gasteiger partial charge in [-0.15, -0.1) is 0 Å². The minimum Gasteiger partial charge on any atom is -0.494 e. The van der Waals surface area contributed by atoms with E-state index in [0.717, 1.165) is 36.7 Å². The van der Waals surface area contributed by atoms with Crippen LogP contribution in [0.2, 0.25) is 0 Å². The first-order valence-corrected chi connectivity index (χ1v) is 9.72. The van der Waals surface area contributed by atoms with Crippen molar-refractivity contribution in [3.8, 4) is 5.75 Å². The van der Waals surface area contributed by atoms with Gasteiger partial charge in [-0.25, -0.2) is 0 Å². The maximum atomic E-state index is 12.1. The molecule has 1 amide bonds. The molecule has 3 N–H and O–H groups in total. The third kappa shape index (κ3) is 7.70. The molecule has 0 saturated heterocycles. The van der Waals surface area contributed by atoms with E-state index in [4.69, 9.17) is 4.74 Å². The zero-order valence-electron chi connectivity index (χ0n) is 16.7. The predicted octanol–water partition coefficient (Wildman–Crippen LogP) is 2.96. The number of amides is 1. The first-order chi connectivity index (χ1) is 13.7. The van der Waals surface area contributed by atoms with Crippen LogP contribution in [0.3, 0.4) is 0 Å². The highest BCUT2D eigenvalue weighted by atomic mass is 16.5. The Bertz CT molecular complexity index is 747. The maximum Gasteiger partial charge on any atom is 0.251 e. The Kier molecular flexibility index (Phi) is 9.41. The lowest BCUT2D eigenvalue weighted by atomic mass is 10.1. The largest absolute Gasteiger partial charge is 0.494 e. The SMILES string of the molecule is CCCNC(=O)c1cccc(CNC(=NC)NCCCOc2ccccc2)c1. The molecule has 0 saturated carbocycles. The summed E-state index contributed by atoms with van der Waals surface area (Å²) in [6.45, 7) is 4.71. The van der Waals surface area contributed by atoms with Crippen LogP contribution in [0, 0.1) is 0 Å². The number of nitrogens with one attached hydrogen (secondary N) is 3. The molecule has 2 aromatic carbocycles. The summed E-state index contributed by atoms with van der Waals surface area (Å²) < 4.78 is 5.68. The first kappa shape index (κ1) is 21.3. The monoisotopic (exact) mass is 382 g/mol. The summed E-state index contributed by atoms with van der Waals surface area (Å²) in [4.78, 5) is 16.3. The van der Waals surface area contributed by atoms with Crippen LogP contribution < -0.4 is 20.7 Å². The molecule has 0 aliphatic rings. The number of carbonyl (C=O) groups is 1. The molecule has 2 aromatic rings. The third-order valence-corrected chi connectivity index (χ3v) is 4.03. The number of hydrogen-bond acceptors (Lipinski definition) is 3. The van der Waals surface area contributed by atoms with Crippen LogP contribution in [0.15, 0.2) is 59.6 Å². The van der Waals surface area contributed by atoms with Gasteiger partial charge in [0.2, 0.25) is 0 Å². The molecule has 0 bridgehead atoms. The van der Waals surface area contributed by atoms with Gasteiger partial charge in [0.05, 0.1) is 6.61 Å². The van der Waals surface area contributed by atoms with Gasteiger partial charge < -0.3 is 20.7 Å². The zero-order chi connectivity index (χ0) is 20.0. The Morgan fingerprint density at radius 3 is 2.57 bits per heavy atom. The summed E-state index contributed by atoms with van der Waals surface area (Å²) in [6, 6.07) is 17.4.